The summed E-state index contributed by atoms with van der Waals surface area (Å²) in [6.07, 6.45) is 12.2. The van der Waals surface area contributed by atoms with Crippen molar-refractivity contribution in [2.24, 2.45) is 4.99 Å². The molecule has 4 aliphatic heterocycles. The number of nitrogens with one attached hydrogen (secondary N) is 3. The van der Waals surface area contributed by atoms with E-state index in [1.165, 1.54) is 28.0 Å². The Morgan fingerprint density at radius 1 is 0.982 bits per heavy atom. The Morgan fingerprint density at radius 2 is 1.75 bits per heavy atom. The van der Waals surface area contributed by atoms with Gasteiger partial charge in [0.05, 0.1) is 17.8 Å². The second-order valence-electron chi connectivity index (χ2n) is 14.7. The third kappa shape index (κ3) is 10.1. The average Bonchev–Trinajstić information content (AvgIpc) is 3.23. The molecular formula is C44H56N8O4. The molecule has 2 saturated heterocycles. The molecule has 3 N–H and O–H groups in total. The number of benzene rings is 2. The molecule has 0 saturated carbocycles. The highest BCUT2D eigenvalue weighted by Crippen LogP contribution is 2.36. The summed E-state index contributed by atoms with van der Waals surface area (Å²) in [5.41, 5.74) is 10.5. The number of nitrogens with zero attached hydrogens (tertiary/aromatic N) is 5. The van der Waals surface area contributed by atoms with E-state index in [0.29, 0.717) is 25.3 Å². The molecular weight excluding hydrogens is 705 g/mol. The topological polar surface area (TPSA) is 131 Å². The minimum absolute atomic E-state index is 0.189. The molecule has 7 rings (SSSR count). The molecule has 1 unspecified atom stereocenters. The summed E-state index contributed by atoms with van der Waals surface area (Å²) in [5.74, 6) is 0.996. The van der Waals surface area contributed by atoms with Gasteiger partial charge < -0.3 is 30.1 Å². The van der Waals surface area contributed by atoms with Gasteiger partial charge >= 0.3 is 0 Å². The minimum Gasteiger partial charge on any atom is -0.474 e. The van der Waals surface area contributed by atoms with E-state index in [9.17, 15) is 14.4 Å². The number of amides is 3. The monoisotopic (exact) mass is 760 g/mol. The Hall–Kier alpha value is -5.65. The number of hydrogen-bond donors (Lipinski definition) is 3. The van der Waals surface area contributed by atoms with Gasteiger partial charge in [0.25, 0.3) is 0 Å². The number of aryl methyl sites for hydroxylation is 1. The predicted molar refractivity (Wildman–Crippen MR) is 225 cm³/mol. The minimum atomic E-state index is -0.237. The molecule has 12 heteroatoms. The number of imide groups is 1. The number of piperazine rings is 1. The maximum Gasteiger partial charge on any atom is 0.237 e. The number of allylic oxidation sites excluding steroid dienone is 1. The molecule has 2 fully saturated rings. The number of ether oxygens (including phenoxy) is 1. The molecule has 5 heterocycles. The van der Waals surface area contributed by atoms with E-state index in [-0.39, 0.29) is 17.7 Å². The third-order valence-corrected chi connectivity index (χ3v) is 10.9. The lowest BCUT2D eigenvalue weighted by molar-refractivity contribution is -0.134. The number of carbonyl (C=O) groups is 3. The van der Waals surface area contributed by atoms with Gasteiger partial charge in [-0.15, -0.1) is 0 Å². The van der Waals surface area contributed by atoms with Gasteiger partial charge in [0.1, 0.15) is 18.1 Å². The molecule has 0 radical (unpaired) electrons. The van der Waals surface area contributed by atoms with Gasteiger partial charge in [0.2, 0.25) is 24.1 Å². The number of fused-ring (bicyclic) bond motifs is 1. The molecule has 0 spiro atoms. The fraction of sp³-hybridized carbons (Fsp3) is 0.432. The summed E-state index contributed by atoms with van der Waals surface area (Å²) in [4.78, 5) is 49.6. The van der Waals surface area contributed by atoms with Crippen LogP contribution < -0.4 is 30.5 Å². The van der Waals surface area contributed by atoms with Crippen molar-refractivity contribution in [3.8, 4) is 5.88 Å². The maximum absolute atomic E-state index is 11.9. The first-order valence-corrected chi connectivity index (χ1v) is 20.0. The van der Waals surface area contributed by atoms with E-state index in [1.807, 2.05) is 30.5 Å². The predicted octanol–water partition coefficient (Wildman–Crippen LogP) is 6.59. The lowest BCUT2D eigenvalue weighted by atomic mass is 9.90. The molecule has 0 bridgehead atoms. The van der Waals surface area contributed by atoms with Crippen LogP contribution in [0.4, 0.5) is 22.7 Å². The number of unbranched alkanes of at least 4 members (excludes halogenated alkanes) is 1. The van der Waals surface area contributed by atoms with E-state index < -0.39 is 0 Å². The zero-order valence-corrected chi connectivity index (χ0v) is 33.3. The van der Waals surface area contributed by atoms with E-state index in [4.69, 9.17) is 9.73 Å². The first-order valence-electron chi connectivity index (χ1n) is 20.0. The molecule has 1 aromatic heterocycles. The molecule has 1 atom stereocenters. The van der Waals surface area contributed by atoms with Gasteiger partial charge in [-0.2, -0.15) is 0 Å². The van der Waals surface area contributed by atoms with E-state index in [1.54, 1.807) is 4.90 Å². The number of carbonyl (C=O) groups excluding carboxylic acids is 3. The molecule has 56 heavy (non-hydrogen) atoms. The van der Waals surface area contributed by atoms with Crippen LogP contribution in [-0.4, -0.2) is 86.7 Å². The highest BCUT2D eigenvalue weighted by atomic mass is 16.5. The molecule has 296 valence electrons. The van der Waals surface area contributed by atoms with Crippen molar-refractivity contribution in [1.29, 1.82) is 0 Å². The van der Waals surface area contributed by atoms with Gasteiger partial charge in [-0.3, -0.25) is 19.7 Å². The highest BCUT2D eigenvalue weighted by molar-refractivity contribution is 6.01. The van der Waals surface area contributed by atoms with Crippen LogP contribution in [0.25, 0.3) is 0 Å². The maximum atomic E-state index is 11.9. The fourth-order valence-electron chi connectivity index (χ4n) is 7.40. The first-order chi connectivity index (χ1) is 27.3. The van der Waals surface area contributed by atoms with Crippen molar-refractivity contribution in [3.05, 3.63) is 94.5 Å². The smallest absolute Gasteiger partial charge is 0.237 e. The Balaban J connectivity index is 0.000000208. The number of rotatable bonds is 11. The summed E-state index contributed by atoms with van der Waals surface area (Å²) < 4.78 is 5.69. The van der Waals surface area contributed by atoms with Gasteiger partial charge in [-0.25, -0.2) is 9.98 Å². The quantitative estimate of drug-likeness (QED) is 0.113. The lowest BCUT2D eigenvalue weighted by Crippen LogP contribution is -2.45. The summed E-state index contributed by atoms with van der Waals surface area (Å²) >= 11 is 0. The first kappa shape index (κ1) is 40.0. The number of hydrogen-bond acceptors (Lipinski definition) is 10. The Kier molecular flexibility index (Phi) is 13.8. The van der Waals surface area contributed by atoms with Gasteiger partial charge in [0, 0.05) is 75.4 Å². The van der Waals surface area contributed by atoms with Crippen molar-refractivity contribution in [3.63, 3.8) is 0 Å². The zero-order valence-electron chi connectivity index (χ0n) is 33.3. The SMILES string of the molecule is CCC/C=C(/N=C\C1=C(C)CN(c2cnc3c(c2C)NCCO3)CC1)Nc1ccc(CC)cc1.O=CN1CCN(c2ccc(C3CCC(=O)NC3=O)cc2)CC1. The number of aromatic nitrogens is 1. The summed E-state index contributed by atoms with van der Waals surface area (Å²) in [5, 5.41) is 9.33. The summed E-state index contributed by atoms with van der Waals surface area (Å²) in [7, 11) is 0. The Bertz CT molecular complexity index is 1930. The van der Waals surface area contributed by atoms with Crippen molar-refractivity contribution in [1.82, 2.24) is 15.2 Å². The van der Waals surface area contributed by atoms with Crippen molar-refractivity contribution >= 4 is 47.2 Å². The van der Waals surface area contributed by atoms with Gasteiger partial charge in [0.15, 0.2) is 0 Å². The van der Waals surface area contributed by atoms with Crippen molar-refractivity contribution in [2.75, 3.05) is 72.9 Å². The summed E-state index contributed by atoms with van der Waals surface area (Å²) in [6.45, 7) is 15.1. The van der Waals surface area contributed by atoms with Crippen LogP contribution in [0.3, 0.4) is 0 Å². The Labute approximate surface area is 331 Å². The van der Waals surface area contributed by atoms with Crippen LogP contribution in [-0.2, 0) is 20.8 Å². The Morgan fingerprint density at radius 3 is 2.43 bits per heavy atom. The molecule has 0 aliphatic carbocycles. The van der Waals surface area contributed by atoms with Gasteiger partial charge in [-0.05, 0) is 92.1 Å². The van der Waals surface area contributed by atoms with Crippen molar-refractivity contribution < 1.29 is 19.1 Å². The van der Waals surface area contributed by atoms with Crippen LogP contribution in [0.2, 0.25) is 0 Å². The standard InChI is InChI=1S/C28H37N5O.C16H19N3O3/c1-5-7-8-26(32-24-11-9-22(6-2)10-12-24)30-17-23-13-15-33(19-20(23)3)25-18-31-28-27(21(25)4)29-14-16-34-28;20-11-18-7-9-19(10-8-18)13-3-1-12(2-4-13)14-5-6-15(21)17-16(14)22/h8-12,17-18,29,32H,5-7,13-16,19H2,1-4H3;1-4,11,14H,5-10H2,(H,17,21,22)/b26-8-,30-17-;. The van der Waals surface area contributed by atoms with Gasteiger partial charge in [-0.1, -0.05) is 44.5 Å². The average molecular weight is 761 g/mol. The fourth-order valence-corrected chi connectivity index (χ4v) is 7.40. The highest BCUT2D eigenvalue weighted by Gasteiger charge is 2.28. The van der Waals surface area contributed by atoms with E-state index >= 15 is 0 Å². The number of anilines is 4. The molecule has 4 aliphatic rings. The summed E-state index contributed by atoms with van der Waals surface area (Å²) in [6, 6.07) is 16.5. The second kappa shape index (κ2) is 19.3. The number of aliphatic imine (C=N–C) groups is 1. The van der Waals surface area contributed by atoms with Crippen LogP contribution in [0.5, 0.6) is 5.88 Å². The molecule has 3 aromatic rings. The molecule has 2 aromatic carbocycles. The number of piperidine rings is 1. The molecule has 3 amide bonds. The van der Waals surface area contributed by atoms with Crippen LogP contribution in [0.15, 0.2) is 82.8 Å². The second-order valence-corrected chi connectivity index (χ2v) is 14.7. The third-order valence-electron chi connectivity index (χ3n) is 10.9. The number of pyridine rings is 1. The zero-order chi connectivity index (χ0) is 39.4. The van der Waals surface area contributed by atoms with Crippen LogP contribution in [0.1, 0.15) is 75.5 Å². The lowest BCUT2D eigenvalue weighted by Gasteiger charge is -2.34. The van der Waals surface area contributed by atoms with Crippen LogP contribution >= 0.6 is 0 Å². The van der Waals surface area contributed by atoms with E-state index in [2.05, 4.69) is 95.0 Å². The molecule has 12 nitrogen and oxygen atoms in total. The van der Waals surface area contributed by atoms with Crippen molar-refractivity contribution in [2.45, 2.75) is 72.1 Å². The van der Waals surface area contributed by atoms with E-state index in [0.717, 1.165) is 106 Å². The normalized spacial score (nSPS) is 18.8. The largest absolute Gasteiger partial charge is 0.474 e. The van der Waals surface area contributed by atoms with Crippen LogP contribution in [0, 0.1) is 6.92 Å².